The van der Waals surface area contributed by atoms with Gasteiger partial charge >= 0.3 is 0 Å². The zero-order chi connectivity index (χ0) is 75.7. The van der Waals surface area contributed by atoms with Gasteiger partial charge < -0.3 is 18.9 Å². The van der Waals surface area contributed by atoms with Gasteiger partial charge in [0.05, 0.1) is 66.5 Å². The van der Waals surface area contributed by atoms with Crippen LogP contribution in [0.1, 0.15) is 96.9 Å². The molecule has 3 aliphatic heterocycles. The van der Waals surface area contributed by atoms with Gasteiger partial charge in [-0.3, -0.25) is 0 Å². The van der Waals surface area contributed by atoms with Crippen molar-refractivity contribution in [3.05, 3.63) is 330 Å². The number of nitrogens with zero attached hydrogens (tertiary/aromatic N) is 4. The van der Waals surface area contributed by atoms with Gasteiger partial charge in [0, 0.05) is 61.1 Å². The summed E-state index contributed by atoms with van der Waals surface area (Å²) in [5.41, 5.74) is 14.6. The van der Waals surface area contributed by atoms with Gasteiger partial charge in [-0.25, -0.2) is 0 Å². The summed E-state index contributed by atoms with van der Waals surface area (Å²) in [4.78, 5) is 4.65. The number of rotatable bonds is 6. The van der Waals surface area contributed by atoms with E-state index < -0.39 is 120 Å². The highest BCUT2D eigenvalue weighted by Gasteiger charge is 2.56. The molecule has 18 rings (SSSR count). The fourth-order valence-corrected chi connectivity index (χ4v) is 15.3. The number of aromatic nitrogens is 2. The summed E-state index contributed by atoms with van der Waals surface area (Å²) >= 11 is 0. The highest BCUT2D eigenvalue weighted by atomic mass is 15.2. The number of para-hydroxylation sites is 7. The second-order valence-corrected chi connectivity index (χ2v) is 26.4. The number of benzene rings is 13. The molecule has 92 heavy (non-hydrogen) atoms. The Labute approximate surface area is 561 Å². The molecule has 0 bridgehead atoms. The van der Waals surface area contributed by atoms with Crippen LogP contribution in [-0.2, 0) is 16.2 Å². The molecule has 2 aromatic heterocycles. The molecule has 438 valence electrons. The molecule has 5 heterocycles. The van der Waals surface area contributed by atoms with Gasteiger partial charge in [0.15, 0.2) is 0 Å². The topological polar surface area (TPSA) is 16.3 Å². The quantitative estimate of drug-likeness (QED) is 0.154. The molecule has 13 aromatic carbocycles. The first kappa shape index (κ1) is 40.0. The maximum absolute atomic E-state index is 9.82. The van der Waals surface area contributed by atoms with E-state index in [9.17, 15) is 16.4 Å². The summed E-state index contributed by atoms with van der Waals surface area (Å²) in [5, 5.41) is -0.236. The molecule has 1 spiro atoms. The lowest BCUT2D eigenvalue weighted by molar-refractivity contribution is 0.587. The first-order valence-corrected chi connectivity index (χ1v) is 31.2. The molecule has 3 aliphatic rings. The monoisotopic (exact) mass is 1190 g/mol. The van der Waals surface area contributed by atoms with Gasteiger partial charge in [0.2, 0.25) is 6.71 Å². The predicted octanol–water partition coefficient (Wildman–Crippen LogP) is 20.6. The summed E-state index contributed by atoms with van der Waals surface area (Å²) < 4.78 is 154. The van der Waals surface area contributed by atoms with Gasteiger partial charge in [0.25, 0.3) is 0 Å². The van der Waals surface area contributed by atoms with Crippen molar-refractivity contribution in [3.8, 4) is 33.6 Å². The molecular formula is C87H67BN4. The lowest BCUT2D eigenvalue weighted by Crippen LogP contribution is -2.65. The van der Waals surface area contributed by atoms with E-state index in [1.54, 1.807) is 9.13 Å². The molecule has 0 unspecified atom stereocenters. The molecule has 0 radical (unpaired) electrons. The second kappa shape index (κ2) is 20.1. The molecular weight excluding hydrogens is 1110 g/mol. The molecule has 4 nitrogen and oxygen atoms in total. The van der Waals surface area contributed by atoms with Crippen LogP contribution in [0.4, 0.5) is 34.1 Å². The molecule has 0 atom stereocenters. The van der Waals surface area contributed by atoms with Crippen molar-refractivity contribution in [2.75, 3.05) is 9.80 Å². The predicted molar refractivity (Wildman–Crippen MR) is 389 cm³/mol. The largest absolute Gasteiger partial charge is 0.310 e. The SMILES string of the molecule is [2H]c1c([2H])c([2H])c2c(c1[2H])c1c([2H])c([2H])c([2H])c([2H])c1n2-c1ccc2c(c1)N(c1c(-c3ccccc3)cc(C(C)(C)C)cc1-c1ccccc1)c1cc(C(C)(C)C)cc3c1B2c1ccc(-n2c4c([2H])c([2H])c([2H])c([2H])c4c4c([2H])c([2H])c([2H])c([2H])c42)cc1C31c2ccccc2N(c2ccccc2)c2ccccc21. The van der Waals surface area contributed by atoms with Crippen LogP contribution in [0.5, 0.6) is 0 Å². The van der Waals surface area contributed by atoms with E-state index in [4.69, 9.17) is 5.48 Å². The van der Waals surface area contributed by atoms with Crippen LogP contribution >= 0.6 is 0 Å². The molecule has 15 aromatic rings. The Morgan fingerprint density at radius 2 is 0.761 bits per heavy atom. The Morgan fingerprint density at radius 1 is 0.337 bits per heavy atom. The lowest BCUT2D eigenvalue weighted by atomic mass is 9.29. The first-order valence-electron chi connectivity index (χ1n) is 39.2. The Balaban J connectivity index is 1.08. The van der Waals surface area contributed by atoms with Crippen molar-refractivity contribution < 1.29 is 21.9 Å². The summed E-state index contributed by atoms with van der Waals surface area (Å²) in [6, 6.07) is 60.8. The van der Waals surface area contributed by atoms with Crippen LogP contribution in [0.2, 0.25) is 0 Å². The fourth-order valence-electron chi connectivity index (χ4n) is 15.3. The third kappa shape index (κ3) is 7.78. The zero-order valence-corrected chi connectivity index (χ0v) is 51.4. The van der Waals surface area contributed by atoms with Crippen molar-refractivity contribution in [1.29, 1.82) is 0 Å². The summed E-state index contributed by atoms with van der Waals surface area (Å²) in [6.45, 7) is 12.5. The zero-order valence-electron chi connectivity index (χ0n) is 67.4. The van der Waals surface area contributed by atoms with Gasteiger partial charge in [-0.05, 0) is 157 Å². The number of hydrogen-bond acceptors (Lipinski definition) is 2. The molecule has 5 heteroatoms. The van der Waals surface area contributed by atoms with Crippen LogP contribution in [0, 0.1) is 0 Å². The Bertz CT molecular complexity index is 6240. The highest BCUT2D eigenvalue weighted by molar-refractivity contribution is 6.99. The first-order chi connectivity index (χ1) is 51.6. The average molecular weight is 1200 g/mol. The minimum Gasteiger partial charge on any atom is -0.310 e. The Morgan fingerprint density at radius 3 is 1.25 bits per heavy atom. The Kier molecular flexibility index (Phi) is 8.72. The van der Waals surface area contributed by atoms with E-state index in [0.29, 0.717) is 17.1 Å². The van der Waals surface area contributed by atoms with Crippen LogP contribution in [0.3, 0.4) is 0 Å². The summed E-state index contributed by atoms with van der Waals surface area (Å²) in [7, 11) is 0. The van der Waals surface area contributed by atoms with Crippen molar-refractivity contribution >= 4 is 101 Å². The third-order valence-electron chi connectivity index (χ3n) is 19.3. The van der Waals surface area contributed by atoms with Crippen molar-refractivity contribution in [3.63, 3.8) is 0 Å². The van der Waals surface area contributed by atoms with Crippen molar-refractivity contribution in [2.24, 2.45) is 0 Å². The minimum absolute atomic E-state index is 0.0305. The van der Waals surface area contributed by atoms with Crippen LogP contribution in [0.25, 0.3) is 77.2 Å². The van der Waals surface area contributed by atoms with Crippen molar-refractivity contribution in [1.82, 2.24) is 9.13 Å². The average Bonchev–Trinajstić information content (AvgIpc) is 0.750. The maximum Gasteiger partial charge on any atom is 0.247 e. The fraction of sp³-hybridized carbons (Fsp3) is 0.103. The molecule has 0 N–H and O–H groups in total. The standard InChI is InChI=1S/C87H67BN4/c1-85(2,3)58-50-67(56-28-10-7-11-29-56)84(68(51-58)57-30-12-8-13-31-57)92-81-55-62(91-77-42-24-18-36-65(77)66-37-19-25-43-78(66)91)47-49-74(81)88-73-48-46-61(90-75-40-22-16-34-63(75)64-35-17-23-41-76(64)90)54-71(73)87(72-52-59(86(4,5)6)53-82(92)83(72)88)69-38-20-26-44-79(69)89(60-32-14-9-15-33-60)80-45-27-21-39-70(80)87/h7-55H,1-6H3/i16D,17D,18D,19D,22D,23D,24D,25D,34D,35D,36D,37D,40D,41D,42D,43D. The lowest BCUT2D eigenvalue weighted by Gasteiger charge is -2.53. The maximum atomic E-state index is 9.82. The number of fused-ring (bicyclic) bond motifs is 16. The number of anilines is 6. The van der Waals surface area contributed by atoms with Gasteiger partial charge in [0.1, 0.15) is 0 Å². The molecule has 0 fully saturated rings. The normalized spacial score (nSPS) is 16.2. The molecule has 0 saturated carbocycles. The van der Waals surface area contributed by atoms with E-state index in [-0.39, 0.29) is 43.6 Å². The van der Waals surface area contributed by atoms with Crippen molar-refractivity contribution in [2.45, 2.75) is 57.8 Å². The molecule has 0 amide bonds. The van der Waals surface area contributed by atoms with E-state index in [2.05, 4.69) is 161 Å². The van der Waals surface area contributed by atoms with E-state index >= 15 is 0 Å². The van der Waals surface area contributed by atoms with Crippen LogP contribution in [0.15, 0.2) is 297 Å². The van der Waals surface area contributed by atoms with E-state index in [1.807, 2.05) is 91.0 Å². The van der Waals surface area contributed by atoms with Gasteiger partial charge in [-0.2, -0.15) is 0 Å². The summed E-state index contributed by atoms with van der Waals surface area (Å²) in [5.74, 6) is 0. The molecule has 0 aliphatic carbocycles. The third-order valence-corrected chi connectivity index (χ3v) is 19.3. The summed E-state index contributed by atoms with van der Waals surface area (Å²) in [6.07, 6.45) is 0. The highest BCUT2D eigenvalue weighted by Crippen LogP contribution is 2.61. The van der Waals surface area contributed by atoms with Gasteiger partial charge in [-0.1, -0.05) is 253 Å². The van der Waals surface area contributed by atoms with Gasteiger partial charge in [-0.15, -0.1) is 0 Å². The Hall–Kier alpha value is -10.9. The molecule has 0 saturated heterocycles. The van der Waals surface area contributed by atoms with E-state index in [1.165, 1.54) is 0 Å². The number of hydrogen-bond donors (Lipinski definition) is 0. The van der Waals surface area contributed by atoms with Crippen LogP contribution < -0.4 is 26.2 Å². The second-order valence-electron chi connectivity index (χ2n) is 26.4. The smallest absolute Gasteiger partial charge is 0.247 e. The minimum atomic E-state index is -1.35. The van der Waals surface area contributed by atoms with E-state index in [0.717, 1.165) is 100 Å². The van der Waals surface area contributed by atoms with Crippen LogP contribution in [-0.4, -0.2) is 15.8 Å².